The van der Waals surface area contributed by atoms with Crippen molar-refractivity contribution in [2.75, 3.05) is 0 Å². The van der Waals surface area contributed by atoms with E-state index in [4.69, 9.17) is 5.73 Å². The maximum Gasteiger partial charge on any atom is 0.253 e. The number of amides is 2. The highest BCUT2D eigenvalue weighted by atomic mass is 35.5. The van der Waals surface area contributed by atoms with Crippen LogP contribution >= 0.6 is 12.4 Å². The van der Waals surface area contributed by atoms with Crippen LogP contribution in [0.4, 0.5) is 0 Å². The molecule has 0 aromatic heterocycles. The van der Waals surface area contributed by atoms with Crippen LogP contribution in [0.5, 0.6) is 0 Å². The van der Waals surface area contributed by atoms with E-state index < -0.39 is 46.4 Å². The first-order chi connectivity index (χ1) is 13.4. The zero-order valence-corrected chi connectivity index (χ0v) is 21.1. The summed E-state index contributed by atoms with van der Waals surface area (Å²) in [6.45, 7) is 8.94. The fourth-order valence-corrected chi connectivity index (χ4v) is 5.93. The second-order valence-electron chi connectivity index (χ2n) is 10.4. The van der Waals surface area contributed by atoms with E-state index in [2.05, 4.69) is 9.44 Å². The summed E-state index contributed by atoms with van der Waals surface area (Å²) in [6.07, 6.45) is 3.88. The van der Waals surface area contributed by atoms with Gasteiger partial charge >= 0.3 is 0 Å². The maximum absolute atomic E-state index is 11.8. The first-order valence-electron chi connectivity index (χ1n) is 10.3. The second kappa shape index (κ2) is 8.39. The van der Waals surface area contributed by atoms with E-state index in [0.29, 0.717) is 38.0 Å². The molecule has 0 aromatic carbocycles. The van der Waals surface area contributed by atoms with Gasteiger partial charge in [-0.3, -0.25) is 19.0 Å². The summed E-state index contributed by atoms with van der Waals surface area (Å²) in [5, 5.41) is 0. The number of hydrogen-bond donors (Lipinski definition) is 3. The molecule has 0 bridgehead atoms. The van der Waals surface area contributed by atoms with E-state index >= 15 is 0 Å². The Kier molecular flexibility index (Phi) is 7.64. The van der Waals surface area contributed by atoms with E-state index in [1.165, 1.54) is 0 Å². The first-order valence-corrected chi connectivity index (χ1v) is 13.3. The summed E-state index contributed by atoms with van der Waals surface area (Å²) >= 11 is 0. The van der Waals surface area contributed by atoms with Crippen molar-refractivity contribution in [3.8, 4) is 0 Å². The van der Waals surface area contributed by atoms with E-state index in [-0.39, 0.29) is 31.7 Å². The van der Waals surface area contributed by atoms with Crippen LogP contribution in [0.2, 0.25) is 0 Å². The first kappa shape index (κ1) is 29.1. The molecule has 4 fully saturated rings. The largest absolute Gasteiger partial charge is 0.317 e. The summed E-state index contributed by atoms with van der Waals surface area (Å²) < 4.78 is 49.9. The van der Waals surface area contributed by atoms with Crippen molar-refractivity contribution in [2.45, 2.75) is 95.6 Å². The predicted molar refractivity (Wildman–Crippen MR) is 126 cm³/mol. The molecule has 0 aliphatic heterocycles. The van der Waals surface area contributed by atoms with Crippen molar-refractivity contribution in [1.82, 2.24) is 9.44 Å². The minimum Gasteiger partial charge on any atom is -0.317 e. The monoisotopic (exact) mass is 515 g/mol. The SMILES string of the molecule is C.C[C@@H]1C[C@]1(C)C(=O)NS(=O)(=O)C1(C)CC1.C[C@@H]1C[C@]1(N)C(=O)NS(=O)(=O)C1(C)CC1.Cl. The summed E-state index contributed by atoms with van der Waals surface area (Å²) in [6, 6.07) is 0. The Morgan fingerprint density at radius 2 is 1.09 bits per heavy atom. The highest BCUT2D eigenvalue weighted by molar-refractivity contribution is 7.92. The molecule has 9 nitrogen and oxygen atoms in total. The van der Waals surface area contributed by atoms with Gasteiger partial charge in [-0.15, -0.1) is 12.4 Å². The van der Waals surface area contributed by atoms with E-state index in [0.717, 1.165) is 6.42 Å². The van der Waals surface area contributed by atoms with Gasteiger partial charge in [0, 0.05) is 0 Å². The molecule has 0 saturated heterocycles. The Bertz CT molecular complexity index is 911. The van der Waals surface area contributed by atoms with Crippen LogP contribution < -0.4 is 15.2 Å². The van der Waals surface area contributed by atoms with Gasteiger partial charge in [0.15, 0.2) is 0 Å². The van der Waals surface area contributed by atoms with Crippen LogP contribution in [0, 0.1) is 17.3 Å². The number of carbonyl (C=O) groups excluding carboxylic acids is 2. The van der Waals surface area contributed by atoms with Gasteiger partial charge in [0.2, 0.25) is 26.0 Å². The highest BCUT2D eigenvalue weighted by Gasteiger charge is 2.58. The van der Waals surface area contributed by atoms with Crippen LogP contribution in [0.25, 0.3) is 0 Å². The normalized spacial score (nSPS) is 34.8. The molecule has 0 aromatic rings. The van der Waals surface area contributed by atoms with E-state index in [9.17, 15) is 26.4 Å². The third-order valence-electron chi connectivity index (χ3n) is 7.62. The van der Waals surface area contributed by atoms with Gasteiger partial charge < -0.3 is 5.73 Å². The summed E-state index contributed by atoms with van der Waals surface area (Å²) in [7, 11) is -6.98. The lowest BCUT2D eigenvalue weighted by atomic mass is 10.1. The molecule has 188 valence electrons. The number of nitrogens with one attached hydrogen (secondary N) is 2. The molecule has 4 atom stereocenters. The summed E-state index contributed by atoms with van der Waals surface area (Å²) in [4.78, 5) is 23.3. The predicted octanol–water partition coefficient (Wildman–Crippen LogP) is 1.81. The number of hydrogen-bond acceptors (Lipinski definition) is 7. The van der Waals surface area contributed by atoms with Crippen LogP contribution in [-0.4, -0.2) is 43.7 Å². The highest BCUT2D eigenvalue weighted by Crippen LogP contribution is 2.52. The lowest BCUT2D eigenvalue weighted by molar-refractivity contribution is -0.124. The molecule has 4 rings (SSSR count). The fourth-order valence-electron chi connectivity index (χ4n) is 3.25. The average Bonchev–Trinajstić information content (AvgIpc) is 3.46. The van der Waals surface area contributed by atoms with Crippen LogP contribution in [-0.2, 0) is 29.6 Å². The van der Waals surface area contributed by atoms with Crippen LogP contribution in [0.1, 0.15) is 80.6 Å². The Morgan fingerprint density at radius 1 is 0.781 bits per heavy atom. The number of sulfonamides is 2. The molecular weight excluding hydrogens is 478 g/mol. The van der Waals surface area contributed by atoms with E-state index in [1.54, 1.807) is 13.8 Å². The molecule has 0 unspecified atom stereocenters. The van der Waals surface area contributed by atoms with Gasteiger partial charge in [0.05, 0.1) is 20.4 Å². The summed E-state index contributed by atoms with van der Waals surface area (Å²) in [5.74, 6) is -0.523. The number of halogens is 1. The third kappa shape index (κ3) is 5.10. The average molecular weight is 516 g/mol. The minimum absolute atomic E-state index is 0. The van der Waals surface area contributed by atoms with Gasteiger partial charge in [0.1, 0.15) is 0 Å². The molecule has 4 aliphatic carbocycles. The Labute approximate surface area is 198 Å². The van der Waals surface area contributed by atoms with Crippen molar-refractivity contribution < 1.29 is 26.4 Å². The molecule has 4 saturated carbocycles. The quantitative estimate of drug-likeness (QED) is 0.487. The smallest absolute Gasteiger partial charge is 0.253 e. The van der Waals surface area contributed by atoms with Crippen molar-refractivity contribution in [2.24, 2.45) is 23.0 Å². The second-order valence-corrected chi connectivity index (χ2v) is 14.8. The van der Waals surface area contributed by atoms with Gasteiger partial charge in [-0.1, -0.05) is 28.2 Å². The summed E-state index contributed by atoms with van der Waals surface area (Å²) in [5.41, 5.74) is 4.31. The Balaban J connectivity index is 0.000000301. The van der Waals surface area contributed by atoms with Gasteiger partial charge in [0.25, 0.3) is 5.91 Å². The van der Waals surface area contributed by atoms with Gasteiger partial charge in [-0.25, -0.2) is 16.8 Å². The topological polar surface area (TPSA) is 152 Å². The number of nitrogens with two attached hydrogens (primary N) is 1. The zero-order valence-electron chi connectivity index (χ0n) is 18.6. The Hall–Kier alpha value is -0.910. The number of carbonyl (C=O) groups is 2. The van der Waals surface area contributed by atoms with Crippen LogP contribution in [0.15, 0.2) is 0 Å². The Morgan fingerprint density at radius 3 is 1.34 bits per heavy atom. The molecular formula is C20H38ClN3O6S2. The minimum atomic E-state index is -3.53. The molecule has 32 heavy (non-hydrogen) atoms. The van der Waals surface area contributed by atoms with Gasteiger partial charge in [-0.05, 0) is 64.2 Å². The van der Waals surface area contributed by atoms with Crippen molar-refractivity contribution in [3.05, 3.63) is 0 Å². The zero-order chi connectivity index (χ0) is 23.0. The molecule has 12 heteroatoms. The van der Waals surface area contributed by atoms with Crippen molar-refractivity contribution >= 4 is 44.3 Å². The molecule has 0 spiro atoms. The van der Waals surface area contributed by atoms with Crippen molar-refractivity contribution in [3.63, 3.8) is 0 Å². The lowest BCUT2D eigenvalue weighted by Gasteiger charge is -2.15. The molecule has 2 amide bonds. The molecule has 0 heterocycles. The maximum atomic E-state index is 11.8. The van der Waals surface area contributed by atoms with E-state index in [1.807, 2.05) is 20.8 Å². The van der Waals surface area contributed by atoms with Crippen LogP contribution in [0.3, 0.4) is 0 Å². The number of rotatable bonds is 6. The van der Waals surface area contributed by atoms with Gasteiger partial charge in [-0.2, -0.15) is 0 Å². The van der Waals surface area contributed by atoms with Crippen molar-refractivity contribution in [1.29, 1.82) is 0 Å². The fraction of sp³-hybridized carbons (Fsp3) is 0.900. The third-order valence-corrected chi connectivity index (χ3v) is 11.9. The molecule has 4 N–H and O–H groups in total. The molecule has 4 aliphatic rings. The molecule has 0 radical (unpaired) electrons. The lowest BCUT2D eigenvalue weighted by Crippen LogP contribution is -2.49. The standard InChI is InChI=1S/C10H17NO3S.C9H16N2O3S.CH4.ClH/c1-7-6-10(7,3)8(12)11-15(13,14)9(2)4-5-9;1-6-5-9(6,10)7(12)11-15(13,14)8(2)3-4-8;;/h7H,4-6H2,1-3H3,(H,11,12);6H,3-5,10H2,1-2H3,(H,11,12);1H4;1H/t7-,10+;6-,9-;;/m11../s1.